The first-order valence-electron chi connectivity index (χ1n) is 10.3. The van der Waals surface area contributed by atoms with Crippen LogP contribution in [0, 0.1) is 11.3 Å². The van der Waals surface area contributed by atoms with Crippen molar-refractivity contribution in [3.05, 3.63) is 53.3 Å². The van der Waals surface area contributed by atoms with E-state index < -0.39 is 11.4 Å². The molecule has 1 saturated heterocycles. The Morgan fingerprint density at radius 1 is 1.25 bits per heavy atom. The van der Waals surface area contributed by atoms with Gasteiger partial charge in [-0.3, -0.25) is 14.4 Å². The third kappa shape index (κ3) is 3.48. The van der Waals surface area contributed by atoms with Crippen LogP contribution in [0.4, 0.5) is 0 Å². The predicted octanol–water partition coefficient (Wildman–Crippen LogP) is 3.92. The standard InChI is InChI=1S/C23H31N3O2/c1-22(2,3)20-18(14-26(24-20)12-17-8-5-4-6-9-17)13-25-15-19-10-7-11-23(19,16-25)21(27)28/h4-6,8-9,14,19H,7,10-13,15-16H2,1-3H3,(H,27,28)/t19-,23+/m0/s1. The maximum absolute atomic E-state index is 12.0. The molecule has 5 heteroatoms. The van der Waals surface area contributed by atoms with Crippen LogP contribution in [0.1, 0.15) is 56.9 Å². The number of hydrogen-bond acceptors (Lipinski definition) is 3. The molecule has 0 amide bonds. The highest BCUT2D eigenvalue weighted by molar-refractivity contribution is 5.76. The molecule has 28 heavy (non-hydrogen) atoms. The third-order valence-corrected chi connectivity index (χ3v) is 6.50. The minimum atomic E-state index is -0.603. The minimum Gasteiger partial charge on any atom is -0.481 e. The number of carboxylic acid groups (broad SMARTS) is 1. The first-order valence-corrected chi connectivity index (χ1v) is 10.3. The molecule has 2 fully saturated rings. The Morgan fingerprint density at radius 2 is 2.00 bits per heavy atom. The number of rotatable bonds is 5. The van der Waals surface area contributed by atoms with Crippen molar-refractivity contribution in [3.8, 4) is 0 Å². The fraction of sp³-hybridized carbons (Fsp3) is 0.565. The van der Waals surface area contributed by atoms with Gasteiger partial charge in [0.15, 0.2) is 0 Å². The largest absolute Gasteiger partial charge is 0.481 e. The van der Waals surface area contributed by atoms with Crippen LogP contribution in [0.5, 0.6) is 0 Å². The summed E-state index contributed by atoms with van der Waals surface area (Å²) >= 11 is 0. The molecule has 2 aromatic rings. The molecule has 150 valence electrons. The van der Waals surface area contributed by atoms with E-state index in [1.807, 2.05) is 10.7 Å². The Hall–Kier alpha value is -2.14. The first kappa shape index (κ1) is 19.2. The number of carboxylic acids is 1. The van der Waals surface area contributed by atoms with E-state index in [4.69, 9.17) is 5.10 Å². The summed E-state index contributed by atoms with van der Waals surface area (Å²) in [7, 11) is 0. The van der Waals surface area contributed by atoms with Crippen molar-refractivity contribution >= 4 is 5.97 Å². The van der Waals surface area contributed by atoms with Crippen LogP contribution in [-0.4, -0.2) is 38.8 Å². The molecule has 0 radical (unpaired) electrons. The lowest BCUT2D eigenvalue weighted by Gasteiger charge is -2.24. The van der Waals surface area contributed by atoms with Crippen LogP contribution in [0.2, 0.25) is 0 Å². The van der Waals surface area contributed by atoms with Gasteiger partial charge >= 0.3 is 5.97 Å². The molecule has 2 heterocycles. The third-order valence-electron chi connectivity index (χ3n) is 6.50. The topological polar surface area (TPSA) is 58.4 Å². The fourth-order valence-corrected chi connectivity index (χ4v) is 5.17. The maximum Gasteiger partial charge on any atom is 0.311 e. The number of nitrogens with zero attached hydrogens (tertiary/aromatic N) is 3. The van der Waals surface area contributed by atoms with Gasteiger partial charge in [0.1, 0.15) is 0 Å². The summed E-state index contributed by atoms with van der Waals surface area (Å²) in [6, 6.07) is 10.4. The van der Waals surface area contributed by atoms with E-state index in [0.717, 1.165) is 44.6 Å². The fourth-order valence-electron chi connectivity index (χ4n) is 5.17. The monoisotopic (exact) mass is 381 g/mol. The smallest absolute Gasteiger partial charge is 0.311 e. The van der Waals surface area contributed by atoms with Gasteiger partial charge in [0.2, 0.25) is 0 Å². The van der Waals surface area contributed by atoms with Crippen molar-refractivity contribution in [2.75, 3.05) is 13.1 Å². The highest BCUT2D eigenvalue weighted by Gasteiger charge is 2.54. The van der Waals surface area contributed by atoms with E-state index in [0.29, 0.717) is 12.5 Å². The number of carbonyl (C=O) groups is 1. The lowest BCUT2D eigenvalue weighted by Crippen LogP contribution is -2.35. The van der Waals surface area contributed by atoms with Crippen LogP contribution in [0.15, 0.2) is 36.5 Å². The van der Waals surface area contributed by atoms with E-state index in [2.05, 4.69) is 56.1 Å². The molecular formula is C23H31N3O2. The molecular weight excluding hydrogens is 350 g/mol. The Morgan fingerprint density at radius 3 is 2.64 bits per heavy atom. The van der Waals surface area contributed by atoms with Crippen molar-refractivity contribution in [2.45, 2.75) is 58.5 Å². The minimum absolute atomic E-state index is 0.0443. The summed E-state index contributed by atoms with van der Waals surface area (Å²) in [5.41, 5.74) is 3.01. The van der Waals surface area contributed by atoms with Crippen molar-refractivity contribution < 1.29 is 9.90 Å². The zero-order valence-electron chi connectivity index (χ0n) is 17.2. The Balaban J connectivity index is 1.56. The number of benzene rings is 1. The molecule has 0 bridgehead atoms. The first-order chi connectivity index (χ1) is 13.3. The van der Waals surface area contributed by atoms with Gasteiger partial charge in [-0.1, -0.05) is 57.5 Å². The molecule has 1 saturated carbocycles. The Labute approximate surface area is 167 Å². The number of aliphatic carboxylic acids is 1. The number of fused-ring (bicyclic) bond motifs is 1. The number of likely N-dealkylation sites (tertiary alicyclic amines) is 1. The van der Waals surface area contributed by atoms with E-state index in [9.17, 15) is 9.90 Å². The molecule has 1 aliphatic carbocycles. The SMILES string of the molecule is CC(C)(C)c1nn(Cc2ccccc2)cc1CN1C[C@@H]2CCC[C@@]2(C(=O)O)C1. The summed E-state index contributed by atoms with van der Waals surface area (Å²) in [5, 5.41) is 14.8. The van der Waals surface area contributed by atoms with Crippen LogP contribution in [-0.2, 0) is 23.3 Å². The van der Waals surface area contributed by atoms with E-state index in [1.54, 1.807) is 0 Å². The van der Waals surface area contributed by atoms with Gasteiger partial charge in [0.25, 0.3) is 0 Å². The Bertz CT molecular complexity index is 852. The molecule has 2 atom stereocenters. The van der Waals surface area contributed by atoms with Gasteiger partial charge in [0.05, 0.1) is 17.7 Å². The van der Waals surface area contributed by atoms with Crippen molar-refractivity contribution in [2.24, 2.45) is 11.3 Å². The predicted molar refractivity (Wildman–Crippen MR) is 109 cm³/mol. The van der Waals surface area contributed by atoms with E-state index >= 15 is 0 Å². The van der Waals surface area contributed by atoms with Crippen LogP contribution in [0.25, 0.3) is 0 Å². The average molecular weight is 382 g/mol. The Kier molecular flexibility index (Phi) is 4.82. The van der Waals surface area contributed by atoms with Crippen molar-refractivity contribution in [3.63, 3.8) is 0 Å². The second-order valence-electron chi connectivity index (χ2n) is 9.66. The molecule has 0 unspecified atom stereocenters. The highest BCUT2D eigenvalue weighted by Crippen LogP contribution is 2.49. The quantitative estimate of drug-likeness (QED) is 0.853. The molecule has 1 aromatic carbocycles. The van der Waals surface area contributed by atoms with E-state index in [1.165, 1.54) is 11.1 Å². The number of hydrogen-bond donors (Lipinski definition) is 1. The second kappa shape index (κ2) is 7.03. The molecule has 1 N–H and O–H groups in total. The molecule has 5 nitrogen and oxygen atoms in total. The summed E-state index contributed by atoms with van der Waals surface area (Å²) in [5.74, 6) is -0.309. The molecule has 1 aromatic heterocycles. The highest BCUT2D eigenvalue weighted by atomic mass is 16.4. The van der Waals surface area contributed by atoms with Crippen molar-refractivity contribution in [1.29, 1.82) is 0 Å². The second-order valence-corrected chi connectivity index (χ2v) is 9.66. The van der Waals surface area contributed by atoms with Crippen LogP contribution >= 0.6 is 0 Å². The zero-order valence-corrected chi connectivity index (χ0v) is 17.2. The normalized spacial score (nSPS) is 25.2. The van der Waals surface area contributed by atoms with Gasteiger partial charge in [-0.2, -0.15) is 5.10 Å². The number of aromatic nitrogens is 2. The van der Waals surface area contributed by atoms with Crippen molar-refractivity contribution in [1.82, 2.24) is 14.7 Å². The zero-order chi connectivity index (χ0) is 19.9. The molecule has 2 aliphatic rings. The maximum atomic E-state index is 12.0. The van der Waals surface area contributed by atoms with Crippen LogP contribution < -0.4 is 0 Å². The van der Waals surface area contributed by atoms with Gasteiger partial charge in [0, 0.05) is 36.8 Å². The van der Waals surface area contributed by atoms with Crippen LogP contribution in [0.3, 0.4) is 0 Å². The molecule has 1 aliphatic heterocycles. The molecule has 4 rings (SSSR count). The van der Waals surface area contributed by atoms with Gasteiger partial charge in [-0.05, 0) is 24.3 Å². The summed E-state index contributed by atoms with van der Waals surface area (Å²) in [6.07, 6.45) is 5.08. The van der Waals surface area contributed by atoms with Gasteiger partial charge in [-0.15, -0.1) is 0 Å². The summed E-state index contributed by atoms with van der Waals surface area (Å²) in [6.45, 7) is 9.69. The lowest BCUT2D eigenvalue weighted by molar-refractivity contribution is -0.149. The summed E-state index contributed by atoms with van der Waals surface area (Å²) < 4.78 is 2.04. The average Bonchev–Trinajstić information content (AvgIpc) is 3.28. The van der Waals surface area contributed by atoms with Gasteiger partial charge < -0.3 is 5.11 Å². The lowest BCUT2D eigenvalue weighted by atomic mass is 9.81. The van der Waals surface area contributed by atoms with E-state index in [-0.39, 0.29) is 5.41 Å². The van der Waals surface area contributed by atoms with Gasteiger partial charge in [-0.25, -0.2) is 0 Å². The molecule has 0 spiro atoms. The summed E-state index contributed by atoms with van der Waals surface area (Å²) in [4.78, 5) is 14.3.